The Morgan fingerprint density at radius 1 is 1.10 bits per heavy atom. The van der Waals surface area contributed by atoms with Gasteiger partial charge in [0.15, 0.2) is 5.13 Å². The van der Waals surface area contributed by atoms with E-state index in [0.717, 1.165) is 29.5 Å². The lowest BCUT2D eigenvalue weighted by atomic mass is 10.2. The number of halogens is 4. The van der Waals surface area contributed by atoms with Crippen LogP contribution in [0.15, 0.2) is 47.5 Å². The van der Waals surface area contributed by atoms with E-state index in [0.29, 0.717) is 11.6 Å². The van der Waals surface area contributed by atoms with E-state index in [-0.39, 0.29) is 26.6 Å². The minimum Gasteiger partial charge on any atom is -0.348 e. The molecule has 1 aromatic heterocycles. The first kappa shape index (κ1) is 21.4. The van der Waals surface area contributed by atoms with Gasteiger partial charge in [0.25, 0.3) is 15.9 Å². The molecular formula is C17H11Cl2F2N3O3S2. The van der Waals surface area contributed by atoms with Crippen molar-refractivity contribution in [2.24, 2.45) is 0 Å². The Morgan fingerprint density at radius 2 is 1.86 bits per heavy atom. The molecule has 0 bridgehead atoms. The molecule has 12 heteroatoms. The molecule has 0 spiro atoms. The lowest BCUT2D eigenvalue weighted by Gasteiger charge is -2.09. The Balaban J connectivity index is 1.72. The monoisotopic (exact) mass is 477 g/mol. The molecule has 3 rings (SSSR count). The predicted molar refractivity (Wildman–Crippen MR) is 107 cm³/mol. The molecule has 1 heterocycles. The van der Waals surface area contributed by atoms with E-state index < -0.39 is 32.5 Å². The molecule has 0 aliphatic carbocycles. The molecule has 0 saturated carbocycles. The van der Waals surface area contributed by atoms with Gasteiger partial charge < -0.3 is 5.32 Å². The van der Waals surface area contributed by atoms with Crippen LogP contribution in [0.4, 0.5) is 13.9 Å². The molecule has 6 nitrogen and oxygen atoms in total. The van der Waals surface area contributed by atoms with E-state index in [1.54, 1.807) is 0 Å². The summed E-state index contributed by atoms with van der Waals surface area (Å²) in [5, 5.41) is 2.39. The van der Waals surface area contributed by atoms with E-state index in [1.807, 2.05) is 0 Å². The molecular weight excluding hydrogens is 467 g/mol. The minimum atomic E-state index is -4.12. The summed E-state index contributed by atoms with van der Waals surface area (Å²) >= 11 is 12.2. The van der Waals surface area contributed by atoms with Crippen LogP contribution >= 0.6 is 34.5 Å². The maximum absolute atomic E-state index is 14.4. The summed E-state index contributed by atoms with van der Waals surface area (Å²) in [6.07, 6.45) is 1.27. The van der Waals surface area contributed by atoms with E-state index in [1.165, 1.54) is 18.3 Å². The van der Waals surface area contributed by atoms with E-state index >= 15 is 0 Å². The maximum atomic E-state index is 14.4. The fourth-order valence-corrected chi connectivity index (χ4v) is 4.43. The second-order valence-electron chi connectivity index (χ2n) is 5.65. The first-order chi connectivity index (χ1) is 13.7. The number of hydrogen-bond donors (Lipinski definition) is 2. The fourth-order valence-electron chi connectivity index (χ4n) is 2.25. The molecule has 0 fully saturated rings. The van der Waals surface area contributed by atoms with Crippen molar-refractivity contribution in [2.75, 3.05) is 4.72 Å². The smallest absolute Gasteiger partial charge is 0.263 e. The second kappa shape index (κ2) is 8.62. The number of carbonyl (C=O) groups excluding carboxylic acids is 1. The first-order valence-electron chi connectivity index (χ1n) is 7.81. The average Bonchev–Trinajstić information content (AvgIpc) is 3.06. The van der Waals surface area contributed by atoms with Gasteiger partial charge in [0.1, 0.15) is 16.0 Å². The molecule has 0 radical (unpaired) electrons. The van der Waals surface area contributed by atoms with Crippen molar-refractivity contribution in [2.45, 2.75) is 11.4 Å². The van der Waals surface area contributed by atoms with Gasteiger partial charge in [-0.1, -0.05) is 40.6 Å². The standard InChI is InChI=1S/C17H11Cl2F2N3O3S2/c18-12-4-1-9(5-14(12)21)7-22-16(25)11-3-2-10(6-13(11)20)29(26,27)24-17-23-8-15(19)28-17/h1-6,8H,7H2,(H,22,25)(H,23,24). The van der Waals surface area contributed by atoms with E-state index in [4.69, 9.17) is 23.2 Å². The van der Waals surface area contributed by atoms with E-state index in [9.17, 15) is 22.0 Å². The van der Waals surface area contributed by atoms with Crippen molar-refractivity contribution in [1.29, 1.82) is 0 Å². The third-order valence-corrected chi connectivity index (χ3v) is 6.43. The molecule has 29 heavy (non-hydrogen) atoms. The fraction of sp³-hybridized carbons (Fsp3) is 0.0588. The number of nitrogens with one attached hydrogen (secondary N) is 2. The highest BCUT2D eigenvalue weighted by atomic mass is 35.5. The van der Waals surface area contributed by atoms with Crippen LogP contribution in [-0.4, -0.2) is 19.3 Å². The molecule has 1 amide bonds. The van der Waals surface area contributed by atoms with Crippen LogP contribution < -0.4 is 10.0 Å². The number of aromatic nitrogens is 1. The molecule has 3 aromatic rings. The molecule has 2 aromatic carbocycles. The predicted octanol–water partition coefficient (Wildman–Crippen LogP) is 4.46. The average molecular weight is 478 g/mol. The first-order valence-corrected chi connectivity index (χ1v) is 10.9. The van der Waals surface area contributed by atoms with Crippen molar-refractivity contribution in [3.05, 3.63) is 74.7 Å². The van der Waals surface area contributed by atoms with Gasteiger partial charge in [-0.25, -0.2) is 22.2 Å². The summed E-state index contributed by atoms with van der Waals surface area (Å²) in [5.74, 6) is -2.47. The van der Waals surface area contributed by atoms with Crippen LogP contribution in [0.5, 0.6) is 0 Å². The number of benzene rings is 2. The Hall–Kier alpha value is -2.27. The van der Waals surface area contributed by atoms with Gasteiger partial charge in [0.2, 0.25) is 0 Å². The normalized spacial score (nSPS) is 11.3. The zero-order chi connectivity index (χ0) is 21.2. The van der Waals surface area contributed by atoms with E-state index in [2.05, 4.69) is 15.0 Å². The molecule has 152 valence electrons. The topological polar surface area (TPSA) is 88.2 Å². The second-order valence-corrected chi connectivity index (χ2v) is 9.40. The summed E-state index contributed by atoms with van der Waals surface area (Å²) in [5.41, 5.74) is 0.0573. The number of hydrogen-bond acceptors (Lipinski definition) is 5. The highest BCUT2D eigenvalue weighted by molar-refractivity contribution is 7.93. The van der Waals surface area contributed by atoms with Crippen LogP contribution in [0.2, 0.25) is 9.36 Å². The zero-order valence-electron chi connectivity index (χ0n) is 14.2. The van der Waals surface area contributed by atoms with Crippen molar-refractivity contribution in [3.63, 3.8) is 0 Å². The van der Waals surface area contributed by atoms with Crippen LogP contribution in [0.25, 0.3) is 0 Å². The zero-order valence-corrected chi connectivity index (χ0v) is 17.4. The summed E-state index contributed by atoms with van der Waals surface area (Å²) in [6, 6.07) is 6.82. The number of anilines is 1. The number of amides is 1. The number of carbonyl (C=O) groups is 1. The van der Waals surface area contributed by atoms with Gasteiger partial charge in [-0.2, -0.15) is 0 Å². The molecule has 2 N–H and O–H groups in total. The number of sulfonamides is 1. The van der Waals surface area contributed by atoms with Gasteiger partial charge in [-0.3, -0.25) is 9.52 Å². The number of thiazole rings is 1. The lowest BCUT2D eigenvalue weighted by molar-refractivity contribution is 0.0946. The van der Waals surface area contributed by atoms with Crippen LogP contribution in [-0.2, 0) is 16.6 Å². The van der Waals surface area contributed by atoms with Crippen molar-refractivity contribution < 1.29 is 22.0 Å². The molecule has 0 aliphatic heterocycles. The van der Waals surface area contributed by atoms with Crippen LogP contribution in [0.3, 0.4) is 0 Å². The largest absolute Gasteiger partial charge is 0.348 e. The Morgan fingerprint density at radius 3 is 2.48 bits per heavy atom. The quantitative estimate of drug-likeness (QED) is 0.548. The maximum Gasteiger partial charge on any atom is 0.263 e. The summed E-state index contributed by atoms with van der Waals surface area (Å²) in [4.78, 5) is 15.6. The highest BCUT2D eigenvalue weighted by Gasteiger charge is 2.20. The summed E-state index contributed by atoms with van der Waals surface area (Å²) in [7, 11) is -4.12. The van der Waals surface area contributed by atoms with Gasteiger partial charge >= 0.3 is 0 Å². The molecule has 0 atom stereocenters. The highest BCUT2D eigenvalue weighted by Crippen LogP contribution is 2.25. The van der Waals surface area contributed by atoms with Crippen molar-refractivity contribution in [3.8, 4) is 0 Å². The van der Waals surface area contributed by atoms with Crippen molar-refractivity contribution in [1.82, 2.24) is 10.3 Å². The molecule has 0 aliphatic rings. The Bertz CT molecular complexity index is 1190. The van der Waals surface area contributed by atoms with Gasteiger partial charge in [0, 0.05) is 6.54 Å². The summed E-state index contributed by atoms with van der Waals surface area (Å²) < 4.78 is 54.9. The molecule has 0 saturated heterocycles. The van der Waals surface area contributed by atoms with Crippen LogP contribution in [0, 0.1) is 11.6 Å². The third-order valence-electron chi connectivity index (χ3n) is 3.63. The lowest BCUT2D eigenvalue weighted by Crippen LogP contribution is -2.24. The Kier molecular flexibility index (Phi) is 6.37. The summed E-state index contributed by atoms with van der Waals surface area (Å²) in [6.45, 7) is -0.0707. The Labute approximate surface area is 178 Å². The number of nitrogens with zero attached hydrogens (tertiary/aromatic N) is 1. The minimum absolute atomic E-state index is 0.0208. The van der Waals surface area contributed by atoms with Crippen LogP contribution in [0.1, 0.15) is 15.9 Å². The SMILES string of the molecule is O=C(NCc1ccc(Cl)c(F)c1)c1ccc(S(=O)(=O)Nc2ncc(Cl)s2)cc1F. The van der Waals surface area contributed by atoms with Gasteiger partial charge in [-0.15, -0.1) is 0 Å². The van der Waals surface area contributed by atoms with Gasteiger partial charge in [-0.05, 0) is 35.9 Å². The van der Waals surface area contributed by atoms with Gasteiger partial charge in [0.05, 0.1) is 21.7 Å². The molecule has 0 unspecified atom stereocenters. The number of rotatable bonds is 6. The third kappa shape index (κ3) is 5.21. The van der Waals surface area contributed by atoms with Crippen molar-refractivity contribution >= 4 is 55.6 Å².